The normalized spacial score (nSPS) is 23.1. The lowest BCUT2D eigenvalue weighted by Gasteiger charge is -2.30. The number of ether oxygens (including phenoxy) is 1. The first-order valence-electron chi connectivity index (χ1n) is 5.18. The minimum absolute atomic E-state index is 0.167. The van der Waals surface area contributed by atoms with Gasteiger partial charge in [0.15, 0.2) is 0 Å². The van der Waals surface area contributed by atoms with Gasteiger partial charge in [-0.3, -0.25) is 4.90 Å². The summed E-state index contributed by atoms with van der Waals surface area (Å²) in [5.41, 5.74) is 0.837. The van der Waals surface area contributed by atoms with Crippen molar-refractivity contribution in [2.75, 3.05) is 20.7 Å². The number of esters is 1. The summed E-state index contributed by atoms with van der Waals surface area (Å²) >= 11 is 0. The van der Waals surface area contributed by atoms with Gasteiger partial charge in [0.05, 0.1) is 7.11 Å². The van der Waals surface area contributed by atoms with E-state index >= 15 is 0 Å². The average molecular weight is 197 g/mol. The zero-order valence-electron chi connectivity index (χ0n) is 9.25. The van der Waals surface area contributed by atoms with Crippen LogP contribution in [0.25, 0.3) is 0 Å². The molecule has 14 heavy (non-hydrogen) atoms. The third-order valence-electron chi connectivity index (χ3n) is 2.73. The Morgan fingerprint density at radius 3 is 3.00 bits per heavy atom. The van der Waals surface area contributed by atoms with Crippen LogP contribution in [-0.2, 0) is 9.53 Å². The van der Waals surface area contributed by atoms with Gasteiger partial charge in [-0.15, -0.1) is 0 Å². The maximum absolute atomic E-state index is 11.3. The highest BCUT2D eigenvalue weighted by molar-refractivity contribution is 5.88. The Kier molecular flexibility index (Phi) is 4.14. The molecule has 0 saturated carbocycles. The average Bonchev–Trinajstić information content (AvgIpc) is 2.20. The first-order chi connectivity index (χ1) is 6.69. The van der Waals surface area contributed by atoms with E-state index in [-0.39, 0.29) is 5.97 Å². The van der Waals surface area contributed by atoms with E-state index < -0.39 is 0 Å². The van der Waals surface area contributed by atoms with Gasteiger partial charge in [0.2, 0.25) is 0 Å². The molecule has 80 valence electrons. The van der Waals surface area contributed by atoms with Crippen molar-refractivity contribution in [1.82, 2.24) is 4.90 Å². The minimum Gasteiger partial charge on any atom is -0.466 e. The van der Waals surface area contributed by atoms with E-state index in [0.29, 0.717) is 6.04 Å². The highest BCUT2D eigenvalue weighted by atomic mass is 16.5. The molecule has 1 heterocycles. The molecule has 3 nitrogen and oxygen atoms in total. The number of rotatable bonds is 3. The van der Waals surface area contributed by atoms with Crippen molar-refractivity contribution in [2.45, 2.75) is 32.2 Å². The fourth-order valence-corrected chi connectivity index (χ4v) is 1.81. The largest absolute Gasteiger partial charge is 0.466 e. The van der Waals surface area contributed by atoms with Crippen molar-refractivity contribution < 1.29 is 9.53 Å². The van der Waals surface area contributed by atoms with Crippen molar-refractivity contribution in [3.05, 3.63) is 11.6 Å². The maximum Gasteiger partial charge on any atom is 0.333 e. The second kappa shape index (κ2) is 5.15. The van der Waals surface area contributed by atoms with Gasteiger partial charge in [-0.25, -0.2) is 4.79 Å². The summed E-state index contributed by atoms with van der Waals surface area (Å²) in [6.45, 7) is 3.11. The Morgan fingerprint density at radius 2 is 2.43 bits per heavy atom. The highest BCUT2D eigenvalue weighted by Crippen LogP contribution is 2.18. The Bertz CT molecular complexity index is 235. The van der Waals surface area contributed by atoms with E-state index in [2.05, 4.69) is 24.9 Å². The van der Waals surface area contributed by atoms with Crippen LogP contribution in [0.3, 0.4) is 0 Å². The molecule has 1 aliphatic heterocycles. The summed E-state index contributed by atoms with van der Waals surface area (Å²) in [4.78, 5) is 13.6. The number of nitrogens with zero attached hydrogens (tertiary/aromatic N) is 1. The van der Waals surface area contributed by atoms with Gasteiger partial charge in [-0.1, -0.05) is 19.4 Å². The molecule has 0 aromatic rings. The summed E-state index contributed by atoms with van der Waals surface area (Å²) in [7, 11) is 3.54. The lowest BCUT2D eigenvalue weighted by Crippen LogP contribution is -2.35. The fraction of sp³-hybridized carbons (Fsp3) is 0.727. The Labute approximate surface area is 85.7 Å². The summed E-state index contributed by atoms with van der Waals surface area (Å²) in [6, 6.07) is 0.405. The minimum atomic E-state index is -0.167. The smallest absolute Gasteiger partial charge is 0.333 e. The van der Waals surface area contributed by atoms with E-state index in [9.17, 15) is 4.79 Å². The van der Waals surface area contributed by atoms with E-state index in [1.165, 1.54) is 7.11 Å². The standard InChI is InChI=1S/C11H19NO2/c1-4-5-10-8-9(11(13)14-3)6-7-12(10)2/h8,10H,4-7H2,1-3H3. The monoisotopic (exact) mass is 197 g/mol. The molecule has 3 heteroatoms. The van der Waals surface area contributed by atoms with Crippen LogP contribution in [0, 0.1) is 0 Å². The summed E-state index contributed by atoms with van der Waals surface area (Å²) < 4.78 is 4.73. The molecule has 0 radical (unpaired) electrons. The number of carbonyl (C=O) groups is 1. The second-order valence-corrected chi connectivity index (χ2v) is 3.77. The molecule has 0 N–H and O–H groups in total. The Hall–Kier alpha value is -0.830. The maximum atomic E-state index is 11.3. The zero-order chi connectivity index (χ0) is 10.6. The van der Waals surface area contributed by atoms with Crippen LogP contribution < -0.4 is 0 Å². The van der Waals surface area contributed by atoms with Crippen LogP contribution in [-0.4, -0.2) is 37.6 Å². The molecule has 1 aliphatic rings. The molecule has 1 atom stereocenters. The molecule has 0 saturated heterocycles. The molecule has 1 rings (SSSR count). The molecule has 0 aromatic heterocycles. The van der Waals surface area contributed by atoms with Crippen LogP contribution in [0.4, 0.5) is 0 Å². The number of methoxy groups -OCH3 is 1. The number of carbonyl (C=O) groups excluding carboxylic acids is 1. The van der Waals surface area contributed by atoms with Crippen LogP contribution in [0.15, 0.2) is 11.6 Å². The molecule has 0 bridgehead atoms. The summed E-state index contributed by atoms with van der Waals surface area (Å²) in [6.07, 6.45) is 5.11. The van der Waals surface area contributed by atoms with Gasteiger partial charge in [0.25, 0.3) is 0 Å². The molecular weight excluding hydrogens is 178 g/mol. The SMILES string of the molecule is CCCC1C=C(C(=O)OC)CCN1C. The first kappa shape index (κ1) is 11.2. The van der Waals surface area contributed by atoms with E-state index in [1.54, 1.807) is 0 Å². The third kappa shape index (κ3) is 2.58. The quantitative estimate of drug-likeness (QED) is 0.643. The van der Waals surface area contributed by atoms with Crippen LogP contribution in [0.2, 0.25) is 0 Å². The molecule has 0 spiro atoms. The van der Waals surface area contributed by atoms with Gasteiger partial charge in [-0.05, 0) is 19.9 Å². The summed E-state index contributed by atoms with van der Waals surface area (Å²) in [5, 5.41) is 0. The molecule has 0 fully saturated rings. The third-order valence-corrected chi connectivity index (χ3v) is 2.73. The van der Waals surface area contributed by atoms with Gasteiger partial charge >= 0.3 is 5.97 Å². The molecule has 1 unspecified atom stereocenters. The van der Waals surface area contributed by atoms with Crippen molar-refractivity contribution in [1.29, 1.82) is 0 Å². The molecule has 0 aliphatic carbocycles. The zero-order valence-corrected chi connectivity index (χ0v) is 9.25. The predicted molar refractivity (Wildman–Crippen MR) is 56.0 cm³/mol. The van der Waals surface area contributed by atoms with E-state index in [1.807, 2.05) is 0 Å². The lowest BCUT2D eigenvalue weighted by atomic mass is 10.00. The van der Waals surface area contributed by atoms with Gasteiger partial charge < -0.3 is 4.74 Å². The number of hydrogen-bond donors (Lipinski definition) is 0. The van der Waals surface area contributed by atoms with E-state index in [4.69, 9.17) is 4.74 Å². The van der Waals surface area contributed by atoms with Gasteiger partial charge in [0, 0.05) is 18.2 Å². The van der Waals surface area contributed by atoms with Crippen LogP contribution in [0.5, 0.6) is 0 Å². The van der Waals surface area contributed by atoms with Crippen LogP contribution >= 0.6 is 0 Å². The van der Waals surface area contributed by atoms with Gasteiger partial charge in [0.1, 0.15) is 0 Å². The Balaban J connectivity index is 2.69. The number of hydrogen-bond acceptors (Lipinski definition) is 3. The van der Waals surface area contributed by atoms with Crippen molar-refractivity contribution >= 4 is 5.97 Å². The summed E-state index contributed by atoms with van der Waals surface area (Å²) in [5.74, 6) is -0.167. The fourth-order valence-electron chi connectivity index (χ4n) is 1.81. The lowest BCUT2D eigenvalue weighted by molar-refractivity contribution is -0.136. The van der Waals surface area contributed by atoms with Crippen molar-refractivity contribution in [2.24, 2.45) is 0 Å². The molecular formula is C11H19NO2. The van der Waals surface area contributed by atoms with Crippen LogP contribution in [0.1, 0.15) is 26.2 Å². The molecule has 0 aromatic carbocycles. The first-order valence-corrected chi connectivity index (χ1v) is 5.18. The number of likely N-dealkylation sites (N-methyl/N-ethyl adjacent to an activating group) is 1. The second-order valence-electron chi connectivity index (χ2n) is 3.77. The highest BCUT2D eigenvalue weighted by Gasteiger charge is 2.21. The Morgan fingerprint density at radius 1 is 1.71 bits per heavy atom. The van der Waals surface area contributed by atoms with Gasteiger partial charge in [-0.2, -0.15) is 0 Å². The van der Waals surface area contributed by atoms with Crippen molar-refractivity contribution in [3.63, 3.8) is 0 Å². The predicted octanol–water partition coefficient (Wildman–Crippen LogP) is 1.59. The van der Waals surface area contributed by atoms with Crippen molar-refractivity contribution in [3.8, 4) is 0 Å². The van der Waals surface area contributed by atoms with E-state index in [0.717, 1.165) is 31.4 Å². The molecule has 0 amide bonds. The topological polar surface area (TPSA) is 29.5 Å².